The SMILES string of the molecule is COC(=O)C[C@@H]1OC(=O)c2c(O)cc(C)c3c4c(c(O)c1c23)[C@]12COC(=O)c3c(O)cc(C)c(c31)C(=O)[C@H]4[C@@H]2O. The van der Waals surface area contributed by atoms with Gasteiger partial charge in [0.05, 0.1) is 31.0 Å². The maximum absolute atomic E-state index is 14.1. The topological polar surface area (TPSA) is 177 Å². The zero-order chi connectivity index (χ0) is 28.6. The molecule has 4 atom stereocenters. The lowest BCUT2D eigenvalue weighted by atomic mass is 9.63. The molecule has 1 spiro atoms. The van der Waals surface area contributed by atoms with Crippen molar-refractivity contribution in [2.24, 2.45) is 0 Å². The van der Waals surface area contributed by atoms with E-state index >= 15 is 0 Å². The van der Waals surface area contributed by atoms with E-state index in [4.69, 9.17) is 14.2 Å². The maximum atomic E-state index is 14.1. The Hall–Kier alpha value is -4.64. The lowest BCUT2D eigenvalue weighted by molar-refractivity contribution is -0.143. The first-order valence-electron chi connectivity index (χ1n) is 12.5. The summed E-state index contributed by atoms with van der Waals surface area (Å²) in [7, 11) is 1.16. The van der Waals surface area contributed by atoms with Crippen molar-refractivity contribution in [2.45, 2.75) is 43.8 Å². The van der Waals surface area contributed by atoms with Crippen LogP contribution in [0.1, 0.15) is 82.9 Å². The highest BCUT2D eigenvalue weighted by Gasteiger charge is 2.66. The first-order chi connectivity index (χ1) is 18.9. The van der Waals surface area contributed by atoms with Crippen molar-refractivity contribution in [1.29, 1.82) is 0 Å². The number of ether oxygens (including phenoxy) is 3. The van der Waals surface area contributed by atoms with Crippen LogP contribution < -0.4 is 0 Å². The molecule has 0 aromatic heterocycles. The van der Waals surface area contributed by atoms with Crippen molar-refractivity contribution in [2.75, 3.05) is 13.7 Å². The second-order valence-electron chi connectivity index (χ2n) is 10.7. The van der Waals surface area contributed by atoms with Gasteiger partial charge in [-0.05, 0) is 53.6 Å². The third kappa shape index (κ3) is 2.54. The van der Waals surface area contributed by atoms with Crippen LogP contribution in [0.3, 0.4) is 0 Å². The number of aliphatic hydroxyl groups excluding tert-OH is 1. The second-order valence-corrected chi connectivity index (χ2v) is 10.7. The Balaban J connectivity index is 1.71. The Morgan fingerprint density at radius 1 is 0.950 bits per heavy atom. The highest BCUT2D eigenvalue weighted by Crippen LogP contribution is 2.65. The van der Waals surface area contributed by atoms with E-state index in [2.05, 4.69) is 0 Å². The van der Waals surface area contributed by atoms with Crippen molar-refractivity contribution >= 4 is 34.5 Å². The molecule has 2 heterocycles. The number of aromatic hydroxyl groups is 3. The molecule has 11 nitrogen and oxygen atoms in total. The molecule has 3 aromatic rings. The van der Waals surface area contributed by atoms with Gasteiger partial charge < -0.3 is 34.6 Å². The van der Waals surface area contributed by atoms with Crippen LogP contribution in [0.15, 0.2) is 12.1 Å². The number of esters is 3. The van der Waals surface area contributed by atoms with Crippen molar-refractivity contribution in [1.82, 2.24) is 0 Å². The zero-order valence-corrected chi connectivity index (χ0v) is 21.4. The van der Waals surface area contributed by atoms with Gasteiger partial charge >= 0.3 is 17.9 Å². The van der Waals surface area contributed by atoms with E-state index in [0.717, 1.165) is 7.11 Å². The zero-order valence-electron chi connectivity index (χ0n) is 21.4. The number of aliphatic hydroxyl groups is 1. The highest BCUT2D eigenvalue weighted by molar-refractivity contribution is 6.18. The number of rotatable bonds is 2. The molecule has 0 fully saturated rings. The Morgan fingerprint density at radius 2 is 1.62 bits per heavy atom. The summed E-state index contributed by atoms with van der Waals surface area (Å²) in [5, 5.41) is 45.9. The minimum Gasteiger partial charge on any atom is -0.507 e. The lowest BCUT2D eigenvalue weighted by Gasteiger charge is -2.43. The fourth-order valence-corrected chi connectivity index (χ4v) is 7.37. The molecular weight excluding hydrogens is 524 g/mol. The van der Waals surface area contributed by atoms with Crippen LogP contribution in [-0.2, 0) is 24.4 Å². The number of fused-ring (bicyclic) bond motifs is 4. The average molecular weight is 546 g/mol. The van der Waals surface area contributed by atoms with Crippen LogP contribution in [0.4, 0.5) is 0 Å². The Labute approximate surface area is 225 Å². The van der Waals surface area contributed by atoms with Crippen molar-refractivity contribution in [3.05, 3.63) is 62.2 Å². The van der Waals surface area contributed by atoms with Gasteiger partial charge in [-0.3, -0.25) is 9.59 Å². The molecule has 0 radical (unpaired) electrons. The Morgan fingerprint density at radius 3 is 2.33 bits per heavy atom. The number of hydrogen-bond acceptors (Lipinski definition) is 11. The molecular formula is C29H22O11. The monoisotopic (exact) mass is 546 g/mol. The Bertz CT molecular complexity index is 1800. The van der Waals surface area contributed by atoms with Gasteiger partial charge in [0.1, 0.15) is 41.1 Å². The number of benzene rings is 3. The molecule has 2 bridgehead atoms. The summed E-state index contributed by atoms with van der Waals surface area (Å²) in [6.45, 7) is 2.79. The predicted molar refractivity (Wildman–Crippen MR) is 134 cm³/mol. The van der Waals surface area contributed by atoms with E-state index in [0.29, 0.717) is 16.5 Å². The molecule has 2 aliphatic carbocycles. The summed E-state index contributed by atoms with van der Waals surface area (Å²) in [5.41, 5.74) is -0.907. The molecule has 2 aliphatic heterocycles. The van der Waals surface area contributed by atoms with Gasteiger partial charge in [-0.25, -0.2) is 9.59 Å². The van der Waals surface area contributed by atoms with Crippen LogP contribution in [0.25, 0.3) is 10.8 Å². The van der Waals surface area contributed by atoms with Gasteiger partial charge in [-0.2, -0.15) is 0 Å². The number of phenols is 3. The molecule has 7 rings (SSSR count). The summed E-state index contributed by atoms with van der Waals surface area (Å²) in [5.74, 6) is -5.66. The summed E-state index contributed by atoms with van der Waals surface area (Å²) < 4.78 is 15.8. The van der Waals surface area contributed by atoms with E-state index in [1.807, 2.05) is 0 Å². The largest absolute Gasteiger partial charge is 0.507 e. The average Bonchev–Trinajstić information content (AvgIpc) is 3.07. The lowest BCUT2D eigenvalue weighted by Crippen LogP contribution is -2.52. The number of carbonyl (C=O) groups is 4. The number of aryl methyl sites for hydroxylation is 2. The highest BCUT2D eigenvalue weighted by atomic mass is 16.6. The number of cyclic esters (lactones) is 2. The van der Waals surface area contributed by atoms with Crippen LogP contribution in [-0.4, -0.2) is 63.9 Å². The van der Waals surface area contributed by atoms with Gasteiger partial charge in [0.25, 0.3) is 0 Å². The van der Waals surface area contributed by atoms with Crippen molar-refractivity contribution in [3.8, 4) is 17.2 Å². The minimum atomic E-state index is -1.66. The number of ketones is 1. The summed E-state index contributed by atoms with van der Waals surface area (Å²) in [6.07, 6.45) is -3.32. The van der Waals surface area contributed by atoms with Crippen LogP contribution in [0, 0.1) is 13.8 Å². The third-order valence-electron chi connectivity index (χ3n) is 8.85. The molecule has 204 valence electrons. The molecule has 0 amide bonds. The molecule has 11 heteroatoms. The fraction of sp³-hybridized carbons (Fsp3) is 0.310. The fourth-order valence-electron chi connectivity index (χ4n) is 7.37. The third-order valence-corrected chi connectivity index (χ3v) is 8.85. The quantitative estimate of drug-likeness (QED) is 0.274. The van der Waals surface area contributed by atoms with E-state index in [9.17, 15) is 39.6 Å². The first kappa shape index (κ1) is 24.4. The number of Topliss-reactive ketones (excluding diaryl/α,β-unsaturated/α-hetero) is 1. The van der Waals surface area contributed by atoms with Gasteiger partial charge in [-0.15, -0.1) is 0 Å². The van der Waals surface area contributed by atoms with Crippen LogP contribution in [0.2, 0.25) is 0 Å². The molecule has 4 aliphatic rings. The smallest absolute Gasteiger partial charge is 0.343 e. The van der Waals surface area contributed by atoms with E-state index < -0.39 is 77.5 Å². The van der Waals surface area contributed by atoms with E-state index in [-0.39, 0.29) is 44.3 Å². The van der Waals surface area contributed by atoms with E-state index in [1.165, 1.54) is 12.1 Å². The number of hydrogen-bond donors (Lipinski definition) is 4. The van der Waals surface area contributed by atoms with Crippen molar-refractivity contribution in [3.63, 3.8) is 0 Å². The molecule has 0 unspecified atom stereocenters. The number of methoxy groups -OCH3 is 1. The van der Waals surface area contributed by atoms with Crippen LogP contribution >= 0.6 is 0 Å². The van der Waals surface area contributed by atoms with Gasteiger partial charge in [-0.1, -0.05) is 0 Å². The summed E-state index contributed by atoms with van der Waals surface area (Å²) in [4.78, 5) is 52.4. The minimum absolute atomic E-state index is 0.00815. The summed E-state index contributed by atoms with van der Waals surface area (Å²) in [6, 6.07) is 2.61. The standard InChI is InChI=1S/C29H22O11/c1-8-4-10(30)16-19-14(8)20-21-24(33)15-9(2)5-11(31)17-22(15)29(26(21)35,7-39-27(17)36)23(20)25(34)18(19)12(40-28(16)37)6-13(32)38-3/h4-5,12,21,26,30-31,34-35H,6-7H2,1-3H3/t12-,21-,26-,29-/m0/s1. The maximum Gasteiger partial charge on any atom is 0.343 e. The summed E-state index contributed by atoms with van der Waals surface area (Å²) >= 11 is 0. The first-order valence-corrected chi connectivity index (χ1v) is 12.5. The van der Waals surface area contributed by atoms with Gasteiger partial charge in [0.15, 0.2) is 5.78 Å². The predicted octanol–water partition coefficient (Wildman–Crippen LogP) is 2.46. The molecule has 3 aromatic carbocycles. The molecule has 0 saturated heterocycles. The molecule has 40 heavy (non-hydrogen) atoms. The number of carbonyl (C=O) groups excluding carboxylic acids is 4. The second kappa shape index (κ2) is 7.51. The van der Waals surface area contributed by atoms with Gasteiger partial charge in [0.2, 0.25) is 0 Å². The van der Waals surface area contributed by atoms with E-state index in [1.54, 1.807) is 13.8 Å². The molecule has 4 N–H and O–H groups in total. The molecule has 0 saturated carbocycles. The Kier molecular flexibility index (Phi) is 4.58. The normalized spacial score (nSPS) is 25.3. The van der Waals surface area contributed by atoms with Gasteiger partial charge in [0, 0.05) is 22.1 Å². The number of phenolic OH excluding ortho intramolecular Hbond substituents is 3. The van der Waals surface area contributed by atoms with Crippen molar-refractivity contribution < 1.29 is 53.8 Å². The van der Waals surface area contributed by atoms with Crippen LogP contribution in [0.5, 0.6) is 17.2 Å².